The largest absolute Gasteiger partial charge is 0.353 e. The highest BCUT2D eigenvalue weighted by molar-refractivity contribution is 8.00. The molecule has 1 aromatic carbocycles. The first-order valence-corrected chi connectivity index (χ1v) is 7.44. The maximum absolute atomic E-state index is 12.0. The lowest BCUT2D eigenvalue weighted by atomic mass is 10.2. The van der Waals surface area contributed by atoms with Crippen LogP contribution >= 0.6 is 11.8 Å². The van der Waals surface area contributed by atoms with Gasteiger partial charge in [-0.15, -0.1) is 11.8 Å². The van der Waals surface area contributed by atoms with E-state index in [1.54, 1.807) is 11.8 Å². The molecule has 1 amide bonds. The topological polar surface area (TPSA) is 29.1 Å². The van der Waals surface area contributed by atoms with Crippen molar-refractivity contribution in [2.24, 2.45) is 0 Å². The van der Waals surface area contributed by atoms with Crippen LogP contribution < -0.4 is 5.32 Å². The third-order valence-corrected chi connectivity index (χ3v) is 3.93. The zero-order valence-corrected chi connectivity index (χ0v) is 12.5. The van der Waals surface area contributed by atoms with E-state index < -0.39 is 0 Å². The summed E-state index contributed by atoms with van der Waals surface area (Å²) in [5.41, 5.74) is 1.24. The van der Waals surface area contributed by atoms with E-state index in [0.29, 0.717) is 0 Å². The van der Waals surface area contributed by atoms with Gasteiger partial charge in [0.05, 0.1) is 5.25 Å². The van der Waals surface area contributed by atoms with Crippen LogP contribution in [0.4, 0.5) is 0 Å². The fourth-order valence-corrected chi connectivity index (χ4v) is 2.62. The Kier molecular flexibility index (Phi) is 6.27. The molecule has 0 aliphatic carbocycles. The molecule has 1 aromatic rings. The molecular weight excluding hydrogens is 242 g/mol. The lowest BCUT2D eigenvalue weighted by molar-refractivity contribution is -0.120. The minimum atomic E-state index is -0.0491. The number of benzene rings is 1. The summed E-state index contributed by atoms with van der Waals surface area (Å²) >= 11 is 1.61. The average Bonchev–Trinajstić information content (AvgIpc) is 2.32. The number of carbonyl (C=O) groups is 1. The summed E-state index contributed by atoms with van der Waals surface area (Å²) in [6, 6.07) is 8.56. The molecule has 0 unspecified atom stereocenters. The predicted octanol–water partition coefficient (Wildman–Crippen LogP) is 3.78. The van der Waals surface area contributed by atoms with Gasteiger partial charge >= 0.3 is 0 Å². The molecule has 18 heavy (non-hydrogen) atoms. The monoisotopic (exact) mass is 265 g/mol. The lowest BCUT2D eigenvalue weighted by Crippen LogP contribution is -2.37. The number of hydrogen-bond acceptors (Lipinski definition) is 2. The van der Waals surface area contributed by atoms with E-state index in [1.807, 2.05) is 6.92 Å². The number of aryl methyl sites for hydroxylation is 1. The molecule has 2 atom stereocenters. The van der Waals surface area contributed by atoms with Crippen LogP contribution in [-0.2, 0) is 4.79 Å². The van der Waals surface area contributed by atoms with E-state index in [9.17, 15) is 4.79 Å². The Labute approximate surface area is 115 Å². The van der Waals surface area contributed by atoms with Crippen molar-refractivity contribution in [1.29, 1.82) is 0 Å². The summed E-state index contributed by atoms with van der Waals surface area (Å²) in [6.07, 6.45) is 2.13. The second kappa shape index (κ2) is 7.47. The molecule has 2 nitrogen and oxygen atoms in total. The Morgan fingerprint density at radius 2 is 1.89 bits per heavy atom. The molecule has 0 spiro atoms. The molecular formula is C15H23NOS. The molecule has 0 heterocycles. The van der Waals surface area contributed by atoms with E-state index >= 15 is 0 Å². The lowest BCUT2D eigenvalue weighted by Gasteiger charge is -2.16. The first-order chi connectivity index (χ1) is 8.52. The maximum Gasteiger partial charge on any atom is 0.233 e. The third kappa shape index (κ3) is 5.13. The first-order valence-electron chi connectivity index (χ1n) is 6.56. The fraction of sp³-hybridized carbons (Fsp3) is 0.533. The van der Waals surface area contributed by atoms with Gasteiger partial charge in [0.1, 0.15) is 0 Å². The molecule has 0 radical (unpaired) electrons. The summed E-state index contributed by atoms with van der Waals surface area (Å²) in [6.45, 7) is 8.22. The normalized spacial score (nSPS) is 14.0. The minimum Gasteiger partial charge on any atom is -0.353 e. The van der Waals surface area contributed by atoms with Crippen LogP contribution in [0.15, 0.2) is 29.2 Å². The summed E-state index contributed by atoms with van der Waals surface area (Å²) in [7, 11) is 0. The summed E-state index contributed by atoms with van der Waals surface area (Å²) < 4.78 is 0. The predicted molar refractivity (Wildman–Crippen MR) is 79.0 cm³/mol. The third-order valence-electron chi connectivity index (χ3n) is 2.81. The number of carbonyl (C=O) groups excluding carboxylic acids is 1. The van der Waals surface area contributed by atoms with Gasteiger partial charge in [0, 0.05) is 10.9 Å². The molecule has 0 bridgehead atoms. The van der Waals surface area contributed by atoms with Crippen LogP contribution in [0.1, 0.15) is 39.2 Å². The fourth-order valence-electron chi connectivity index (χ4n) is 1.74. The Balaban J connectivity index is 2.46. The second-order valence-electron chi connectivity index (χ2n) is 4.77. The molecule has 0 saturated carbocycles. The molecule has 0 saturated heterocycles. The highest BCUT2D eigenvalue weighted by Crippen LogP contribution is 2.23. The van der Waals surface area contributed by atoms with E-state index in [1.165, 1.54) is 5.56 Å². The Bertz CT molecular complexity index is 375. The number of nitrogens with one attached hydrogen (secondary N) is 1. The van der Waals surface area contributed by atoms with Crippen molar-refractivity contribution in [3.05, 3.63) is 29.8 Å². The van der Waals surface area contributed by atoms with Gasteiger partial charge < -0.3 is 5.32 Å². The summed E-state index contributed by atoms with van der Waals surface area (Å²) in [5, 5.41) is 3.00. The van der Waals surface area contributed by atoms with Crippen molar-refractivity contribution >= 4 is 17.7 Å². The van der Waals surface area contributed by atoms with Crippen molar-refractivity contribution in [1.82, 2.24) is 5.32 Å². The number of thioether (sulfide) groups is 1. The molecule has 0 aliphatic rings. The van der Waals surface area contributed by atoms with Gasteiger partial charge in [0.2, 0.25) is 5.91 Å². The molecule has 0 aromatic heterocycles. The van der Waals surface area contributed by atoms with Crippen molar-refractivity contribution < 1.29 is 4.79 Å². The Morgan fingerprint density at radius 1 is 1.28 bits per heavy atom. The van der Waals surface area contributed by atoms with Gasteiger partial charge in [0.15, 0.2) is 0 Å². The zero-order chi connectivity index (χ0) is 13.5. The van der Waals surface area contributed by atoms with Gasteiger partial charge in [-0.3, -0.25) is 4.79 Å². The quantitative estimate of drug-likeness (QED) is 0.793. The van der Waals surface area contributed by atoms with Crippen molar-refractivity contribution in [2.45, 2.75) is 56.7 Å². The van der Waals surface area contributed by atoms with Crippen LogP contribution in [0, 0.1) is 6.92 Å². The van der Waals surface area contributed by atoms with Crippen LogP contribution in [0.2, 0.25) is 0 Å². The van der Waals surface area contributed by atoms with E-state index in [-0.39, 0.29) is 17.2 Å². The van der Waals surface area contributed by atoms with Gasteiger partial charge in [0.25, 0.3) is 0 Å². The first kappa shape index (κ1) is 15.1. The summed E-state index contributed by atoms with van der Waals surface area (Å²) in [5.74, 6) is 0.126. The summed E-state index contributed by atoms with van der Waals surface area (Å²) in [4.78, 5) is 13.1. The van der Waals surface area contributed by atoms with Gasteiger partial charge in [-0.25, -0.2) is 0 Å². The molecule has 1 N–H and O–H groups in total. The van der Waals surface area contributed by atoms with Crippen LogP contribution in [-0.4, -0.2) is 17.2 Å². The highest BCUT2D eigenvalue weighted by atomic mass is 32.2. The smallest absolute Gasteiger partial charge is 0.233 e. The zero-order valence-electron chi connectivity index (χ0n) is 11.7. The SMILES string of the molecule is CCC[C@@H](C)NC(=O)[C@H](C)Sc1ccc(C)cc1. The van der Waals surface area contributed by atoms with Crippen LogP contribution in [0.5, 0.6) is 0 Å². The maximum atomic E-state index is 12.0. The van der Waals surface area contributed by atoms with Gasteiger partial charge in [-0.2, -0.15) is 0 Å². The molecule has 100 valence electrons. The van der Waals surface area contributed by atoms with Gasteiger partial charge in [-0.1, -0.05) is 31.0 Å². The number of hydrogen-bond donors (Lipinski definition) is 1. The molecule has 1 rings (SSSR count). The molecule has 0 aliphatic heterocycles. The van der Waals surface area contributed by atoms with E-state index in [0.717, 1.165) is 17.7 Å². The Morgan fingerprint density at radius 3 is 2.44 bits per heavy atom. The Hall–Kier alpha value is -0.960. The average molecular weight is 265 g/mol. The van der Waals surface area contributed by atoms with E-state index in [2.05, 4.69) is 50.4 Å². The number of amides is 1. The van der Waals surface area contributed by atoms with Crippen molar-refractivity contribution in [3.63, 3.8) is 0 Å². The molecule has 3 heteroatoms. The second-order valence-corrected chi connectivity index (χ2v) is 6.19. The van der Waals surface area contributed by atoms with E-state index in [4.69, 9.17) is 0 Å². The van der Waals surface area contributed by atoms with Crippen LogP contribution in [0.3, 0.4) is 0 Å². The van der Waals surface area contributed by atoms with Gasteiger partial charge in [-0.05, 0) is 39.3 Å². The standard InChI is InChI=1S/C15H23NOS/c1-5-6-12(3)16-15(17)13(4)18-14-9-7-11(2)8-10-14/h7-10,12-13H,5-6H2,1-4H3,(H,16,17)/t12-,13+/m1/s1. The van der Waals surface area contributed by atoms with Crippen LogP contribution in [0.25, 0.3) is 0 Å². The number of rotatable bonds is 6. The molecule has 0 fully saturated rings. The van der Waals surface area contributed by atoms with Crippen molar-refractivity contribution in [2.75, 3.05) is 0 Å². The minimum absolute atomic E-state index is 0.0491. The van der Waals surface area contributed by atoms with Crippen molar-refractivity contribution in [3.8, 4) is 0 Å². The highest BCUT2D eigenvalue weighted by Gasteiger charge is 2.15.